The van der Waals surface area contributed by atoms with E-state index in [1.54, 1.807) is 18.2 Å². The summed E-state index contributed by atoms with van der Waals surface area (Å²) in [6.07, 6.45) is 0. The fourth-order valence-electron chi connectivity index (χ4n) is 2.38. The number of hydrogen-bond acceptors (Lipinski definition) is 7. The largest absolute Gasteiger partial charge is 0.490 e. The molecule has 0 aliphatic carbocycles. The van der Waals surface area contributed by atoms with Gasteiger partial charge in [0.15, 0.2) is 18.1 Å². The summed E-state index contributed by atoms with van der Waals surface area (Å²) in [6.45, 7) is 3.87. The highest BCUT2D eigenvalue weighted by Crippen LogP contribution is 2.30. The van der Waals surface area contributed by atoms with Gasteiger partial charge in [-0.05, 0) is 44.2 Å². The highest BCUT2D eigenvalue weighted by atomic mass is 35.5. The smallest absolute Gasteiger partial charge is 0.340 e. The molecule has 0 saturated carbocycles. The number of rotatable bonds is 8. The fraction of sp³-hybridized carbons (Fsp3) is 0.250. The van der Waals surface area contributed by atoms with E-state index in [1.165, 1.54) is 18.2 Å². The second kappa shape index (κ2) is 10.9. The van der Waals surface area contributed by atoms with E-state index in [0.29, 0.717) is 35.4 Å². The van der Waals surface area contributed by atoms with E-state index >= 15 is 0 Å². The highest BCUT2D eigenvalue weighted by molar-refractivity contribution is 6.31. The summed E-state index contributed by atoms with van der Waals surface area (Å²) in [7, 11) is 0. The number of nitrogens with one attached hydrogen (secondary N) is 2. The number of carbonyl (C=O) groups excluding carboxylic acids is 3. The molecule has 9 nitrogen and oxygen atoms in total. The zero-order chi connectivity index (χ0) is 22.1. The summed E-state index contributed by atoms with van der Waals surface area (Å²) in [5.74, 6) is -0.635. The fourth-order valence-corrected chi connectivity index (χ4v) is 2.56. The Labute approximate surface area is 178 Å². The van der Waals surface area contributed by atoms with E-state index < -0.39 is 24.5 Å². The summed E-state index contributed by atoms with van der Waals surface area (Å²) in [4.78, 5) is 35.9. The lowest BCUT2D eigenvalue weighted by Gasteiger charge is -2.13. The van der Waals surface area contributed by atoms with Crippen molar-refractivity contribution >= 4 is 40.9 Å². The van der Waals surface area contributed by atoms with Gasteiger partial charge in [0.1, 0.15) is 0 Å². The van der Waals surface area contributed by atoms with Crippen molar-refractivity contribution in [1.82, 2.24) is 5.32 Å². The van der Waals surface area contributed by atoms with Gasteiger partial charge in [-0.1, -0.05) is 11.6 Å². The number of benzene rings is 2. The van der Waals surface area contributed by atoms with Crippen molar-refractivity contribution in [2.45, 2.75) is 13.8 Å². The molecule has 0 fully saturated rings. The molecule has 30 heavy (non-hydrogen) atoms. The number of ether oxygens (including phenoxy) is 3. The Morgan fingerprint density at radius 3 is 2.37 bits per heavy atom. The number of halogens is 1. The standard InChI is InChI=1S/C20H22ClN3O6/c1-3-28-16-8-6-13(10-17(16)29-4-2)23-20(27)24-18(25)11-30-19(26)14-7-5-12(21)9-15(14)22/h5-10H,3-4,11,22H2,1-2H3,(H2,23,24,25,27). The van der Waals surface area contributed by atoms with Crippen molar-refractivity contribution in [2.24, 2.45) is 0 Å². The average Bonchev–Trinajstić information content (AvgIpc) is 2.68. The van der Waals surface area contributed by atoms with Gasteiger partial charge >= 0.3 is 12.0 Å². The number of urea groups is 1. The number of amides is 3. The molecule has 0 aromatic heterocycles. The van der Waals surface area contributed by atoms with Crippen LogP contribution in [0.2, 0.25) is 5.02 Å². The molecule has 2 aromatic carbocycles. The molecular formula is C20H22ClN3O6. The van der Waals surface area contributed by atoms with Gasteiger partial charge in [-0.3, -0.25) is 10.1 Å². The number of hydrogen-bond donors (Lipinski definition) is 3. The monoisotopic (exact) mass is 435 g/mol. The molecule has 0 atom stereocenters. The lowest BCUT2D eigenvalue weighted by molar-refractivity contribution is -0.123. The Morgan fingerprint density at radius 1 is 1.00 bits per heavy atom. The van der Waals surface area contributed by atoms with Crippen LogP contribution in [0.25, 0.3) is 0 Å². The summed E-state index contributed by atoms with van der Waals surface area (Å²) in [5, 5.41) is 4.91. The third-order valence-electron chi connectivity index (χ3n) is 3.62. The minimum absolute atomic E-state index is 0.0643. The normalized spacial score (nSPS) is 10.1. The van der Waals surface area contributed by atoms with Crippen LogP contribution < -0.4 is 25.8 Å². The Kier molecular flexibility index (Phi) is 8.30. The quantitative estimate of drug-likeness (QED) is 0.428. The lowest BCUT2D eigenvalue weighted by Crippen LogP contribution is -2.37. The van der Waals surface area contributed by atoms with E-state index in [1.807, 2.05) is 13.8 Å². The molecular weight excluding hydrogens is 414 g/mol. The van der Waals surface area contributed by atoms with Gasteiger partial charge in [0.05, 0.1) is 18.8 Å². The molecule has 0 aliphatic rings. The molecule has 2 rings (SSSR count). The van der Waals surface area contributed by atoms with E-state index in [0.717, 1.165) is 0 Å². The van der Waals surface area contributed by atoms with Gasteiger partial charge in [0.25, 0.3) is 5.91 Å². The first-order valence-corrected chi connectivity index (χ1v) is 9.44. The zero-order valence-corrected chi connectivity index (χ0v) is 17.2. The molecule has 4 N–H and O–H groups in total. The molecule has 0 unspecified atom stereocenters. The van der Waals surface area contributed by atoms with Crippen LogP contribution in [0.15, 0.2) is 36.4 Å². The summed E-state index contributed by atoms with van der Waals surface area (Å²) < 4.78 is 15.8. The van der Waals surface area contributed by atoms with Crippen molar-refractivity contribution in [3.63, 3.8) is 0 Å². The van der Waals surface area contributed by atoms with Crippen molar-refractivity contribution < 1.29 is 28.6 Å². The number of imide groups is 1. The number of nitrogen functional groups attached to an aromatic ring is 1. The molecule has 0 heterocycles. The maximum Gasteiger partial charge on any atom is 0.340 e. The topological polar surface area (TPSA) is 129 Å². The molecule has 10 heteroatoms. The number of anilines is 2. The van der Waals surface area contributed by atoms with Crippen LogP contribution >= 0.6 is 11.6 Å². The van der Waals surface area contributed by atoms with Crippen LogP contribution in [0.4, 0.5) is 16.2 Å². The van der Waals surface area contributed by atoms with Crippen LogP contribution in [0.5, 0.6) is 11.5 Å². The molecule has 2 aromatic rings. The maximum absolute atomic E-state index is 12.0. The highest BCUT2D eigenvalue weighted by Gasteiger charge is 2.15. The van der Waals surface area contributed by atoms with Gasteiger partial charge in [0.2, 0.25) is 0 Å². The van der Waals surface area contributed by atoms with Gasteiger partial charge in [-0.15, -0.1) is 0 Å². The Bertz CT molecular complexity index is 935. The lowest BCUT2D eigenvalue weighted by atomic mass is 10.2. The zero-order valence-electron chi connectivity index (χ0n) is 16.5. The van der Waals surface area contributed by atoms with Crippen molar-refractivity contribution in [3.05, 3.63) is 47.0 Å². The Morgan fingerprint density at radius 2 is 1.70 bits per heavy atom. The third-order valence-corrected chi connectivity index (χ3v) is 3.86. The summed E-state index contributed by atoms with van der Waals surface area (Å²) in [6, 6.07) is 8.25. The predicted octanol–water partition coefficient (Wildman–Crippen LogP) is 3.22. The second-order valence-corrected chi connectivity index (χ2v) is 6.27. The van der Waals surface area contributed by atoms with Crippen LogP contribution in [-0.2, 0) is 9.53 Å². The predicted molar refractivity (Wildman–Crippen MR) is 112 cm³/mol. The molecule has 3 amide bonds. The number of esters is 1. The first kappa shape index (κ1) is 22.8. The van der Waals surface area contributed by atoms with Crippen LogP contribution in [-0.4, -0.2) is 37.7 Å². The van der Waals surface area contributed by atoms with Crippen molar-refractivity contribution in [1.29, 1.82) is 0 Å². The van der Waals surface area contributed by atoms with Gasteiger partial charge in [-0.2, -0.15) is 0 Å². The minimum Gasteiger partial charge on any atom is -0.490 e. The first-order chi connectivity index (χ1) is 14.3. The Balaban J connectivity index is 1.89. The molecule has 0 aliphatic heterocycles. The first-order valence-electron chi connectivity index (χ1n) is 9.06. The van der Waals surface area contributed by atoms with Crippen molar-refractivity contribution in [2.75, 3.05) is 30.9 Å². The average molecular weight is 436 g/mol. The Hall–Kier alpha value is -3.46. The van der Waals surface area contributed by atoms with E-state index in [-0.39, 0.29) is 11.3 Å². The summed E-state index contributed by atoms with van der Waals surface area (Å²) in [5.41, 5.74) is 6.26. The van der Waals surface area contributed by atoms with Crippen LogP contribution in [0, 0.1) is 0 Å². The van der Waals surface area contributed by atoms with E-state index in [2.05, 4.69) is 10.6 Å². The van der Waals surface area contributed by atoms with E-state index in [4.69, 9.17) is 31.5 Å². The number of carbonyl (C=O) groups is 3. The second-order valence-electron chi connectivity index (χ2n) is 5.84. The molecule has 0 radical (unpaired) electrons. The molecule has 160 valence electrons. The minimum atomic E-state index is -0.815. The molecule has 0 saturated heterocycles. The number of nitrogens with two attached hydrogens (primary N) is 1. The third kappa shape index (κ3) is 6.56. The SMILES string of the molecule is CCOc1ccc(NC(=O)NC(=O)COC(=O)c2ccc(Cl)cc2N)cc1OCC. The van der Waals surface area contributed by atoms with Gasteiger partial charge in [0, 0.05) is 22.5 Å². The maximum atomic E-state index is 12.0. The van der Waals surface area contributed by atoms with E-state index in [9.17, 15) is 14.4 Å². The summed E-state index contributed by atoms with van der Waals surface area (Å²) >= 11 is 5.77. The molecule has 0 bridgehead atoms. The van der Waals surface area contributed by atoms with Gasteiger partial charge < -0.3 is 25.3 Å². The molecule has 0 spiro atoms. The van der Waals surface area contributed by atoms with Crippen molar-refractivity contribution in [3.8, 4) is 11.5 Å². The van der Waals surface area contributed by atoms with Crippen LogP contribution in [0.1, 0.15) is 24.2 Å². The van der Waals surface area contributed by atoms with Gasteiger partial charge in [-0.25, -0.2) is 9.59 Å². The van der Waals surface area contributed by atoms with Crippen LogP contribution in [0.3, 0.4) is 0 Å².